The standard InChI is InChI=1S/C18H22N6/c1-4-11(2)23-17-15(19)18(21-10-20-17)24-14-7-5-6-13-9-8-12(3)22-16(13)14/h5-11H,4,19H2,1-3H3,(H2,20,21,23,24). The van der Waals surface area contributed by atoms with Gasteiger partial charge in [0, 0.05) is 17.1 Å². The summed E-state index contributed by atoms with van der Waals surface area (Å²) in [5.41, 5.74) is 9.47. The van der Waals surface area contributed by atoms with Gasteiger partial charge in [-0.25, -0.2) is 9.97 Å². The lowest BCUT2D eigenvalue weighted by Gasteiger charge is -2.16. The Kier molecular flexibility index (Phi) is 4.46. The molecule has 0 bridgehead atoms. The first-order chi connectivity index (χ1) is 11.6. The molecule has 1 aromatic carbocycles. The molecule has 3 rings (SSSR count). The number of hydrogen-bond donors (Lipinski definition) is 3. The number of nitrogens with one attached hydrogen (secondary N) is 2. The molecule has 0 spiro atoms. The van der Waals surface area contributed by atoms with Crippen LogP contribution in [0.15, 0.2) is 36.7 Å². The van der Waals surface area contributed by atoms with Crippen molar-refractivity contribution in [2.24, 2.45) is 0 Å². The molecular weight excluding hydrogens is 300 g/mol. The lowest BCUT2D eigenvalue weighted by atomic mass is 10.1. The molecule has 0 radical (unpaired) electrons. The number of rotatable bonds is 5. The maximum atomic E-state index is 6.24. The molecule has 0 aliphatic carbocycles. The van der Waals surface area contributed by atoms with Crippen molar-refractivity contribution in [2.45, 2.75) is 33.2 Å². The van der Waals surface area contributed by atoms with Crippen molar-refractivity contribution in [3.8, 4) is 0 Å². The molecule has 0 amide bonds. The summed E-state index contributed by atoms with van der Waals surface area (Å²) >= 11 is 0. The molecule has 1 unspecified atom stereocenters. The number of hydrogen-bond acceptors (Lipinski definition) is 6. The van der Waals surface area contributed by atoms with Crippen LogP contribution in [0.1, 0.15) is 26.0 Å². The molecule has 0 saturated carbocycles. The summed E-state index contributed by atoms with van der Waals surface area (Å²) in [6.07, 6.45) is 2.49. The van der Waals surface area contributed by atoms with E-state index in [2.05, 4.69) is 45.5 Å². The highest BCUT2D eigenvalue weighted by atomic mass is 15.1. The van der Waals surface area contributed by atoms with Crippen molar-refractivity contribution in [3.63, 3.8) is 0 Å². The van der Waals surface area contributed by atoms with E-state index < -0.39 is 0 Å². The van der Waals surface area contributed by atoms with Crippen molar-refractivity contribution < 1.29 is 0 Å². The van der Waals surface area contributed by atoms with Crippen LogP contribution in [0.25, 0.3) is 10.9 Å². The number of pyridine rings is 1. The third kappa shape index (κ3) is 3.22. The van der Waals surface area contributed by atoms with Crippen LogP contribution in [0.3, 0.4) is 0 Å². The fraction of sp³-hybridized carbons (Fsp3) is 0.278. The van der Waals surface area contributed by atoms with Crippen molar-refractivity contribution in [2.75, 3.05) is 16.4 Å². The Bertz CT molecular complexity index is 861. The van der Waals surface area contributed by atoms with Crippen molar-refractivity contribution >= 4 is 33.9 Å². The topological polar surface area (TPSA) is 88.8 Å². The van der Waals surface area contributed by atoms with Crippen molar-refractivity contribution in [1.82, 2.24) is 15.0 Å². The Hall–Kier alpha value is -2.89. The lowest BCUT2D eigenvalue weighted by Crippen LogP contribution is -2.16. The zero-order chi connectivity index (χ0) is 17.1. The Morgan fingerprint density at radius 1 is 1.12 bits per heavy atom. The van der Waals surface area contributed by atoms with E-state index in [0.29, 0.717) is 17.3 Å². The molecule has 6 heteroatoms. The van der Waals surface area contributed by atoms with Crippen LogP contribution in [0.4, 0.5) is 23.0 Å². The van der Waals surface area contributed by atoms with Gasteiger partial charge in [-0.2, -0.15) is 0 Å². The zero-order valence-corrected chi connectivity index (χ0v) is 14.2. The summed E-state index contributed by atoms with van der Waals surface area (Å²) in [6, 6.07) is 10.3. The largest absolute Gasteiger partial charge is 0.393 e. The summed E-state index contributed by atoms with van der Waals surface area (Å²) in [6.45, 7) is 6.17. The molecule has 124 valence electrons. The first-order valence-corrected chi connectivity index (χ1v) is 8.09. The minimum absolute atomic E-state index is 0.289. The third-order valence-electron chi connectivity index (χ3n) is 3.99. The number of anilines is 4. The Morgan fingerprint density at radius 2 is 1.92 bits per heavy atom. The molecular formula is C18H22N6. The molecule has 2 heterocycles. The first kappa shape index (κ1) is 16.0. The highest BCUT2D eigenvalue weighted by molar-refractivity contribution is 5.93. The van der Waals surface area contributed by atoms with Gasteiger partial charge in [-0.3, -0.25) is 4.98 Å². The molecule has 0 saturated heterocycles. The molecule has 0 aliphatic rings. The number of nitrogen functional groups attached to an aromatic ring is 1. The van der Waals surface area contributed by atoms with Crippen LogP contribution in [-0.2, 0) is 0 Å². The lowest BCUT2D eigenvalue weighted by molar-refractivity contribution is 0.759. The second-order valence-corrected chi connectivity index (χ2v) is 5.89. The summed E-state index contributed by atoms with van der Waals surface area (Å²) in [5.74, 6) is 1.22. The fourth-order valence-electron chi connectivity index (χ4n) is 2.42. The monoisotopic (exact) mass is 322 g/mol. The number of nitrogens with two attached hydrogens (primary N) is 1. The number of aromatic nitrogens is 3. The molecule has 3 aromatic rings. The smallest absolute Gasteiger partial charge is 0.159 e. The van der Waals surface area contributed by atoms with Gasteiger partial charge in [0.15, 0.2) is 11.6 Å². The van der Waals surface area contributed by atoms with E-state index in [1.165, 1.54) is 6.33 Å². The Balaban J connectivity index is 1.97. The Morgan fingerprint density at radius 3 is 2.71 bits per heavy atom. The van der Waals surface area contributed by atoms with Crippen LogP contribution in [0, 0.1) is 6.92 Å². The second kappa shape index (κ2) is 6.70. The average molecular weight is 322 g/mol. The molecule has 24 heavy (non-hydrogen) atoms. The van der Waals surface area contributed by atoms with Crippen LogP contribution in [-0.4, -0.2) is 21.0 Å². The number of para-hydroxylation sites is 1. The minimum atomic E-state index is 0.289. The molecule has 0 aliphatic heterocycles. The quantitative estimate of drug-likeness (QED) is 0.661. The predicted molar refractivity (Wildman–Crippen MR) is 99.6 cm³/mol. The van der Waals surface area contributed by atoms with Crippen molar-refractivity contribution in [3.05, 3.63) is 42.4 Å². The van der Waals surface area contributed by atoms with Crippen LogP contribution in [0.2, 0.25) is 0 Å². The second-order valence-electron chi connectivity index (χ2n) is 5.89. The average Bonchev–Trinajstić information content (AvgIpc) is 2.58. The van der Waals surface area contributed by atoms with Gasteiger partial charge in [0.25, 0.3) is 0 Å². The van der Waals surface area contributed by atoms with E-state index in [0.717, 1.165) is 28.7 Å². The summed E-state index contributed by atoms with van der Waals surface area (Å²) in [7, 11) is 0. The summed E-state index contributed by atoms with van der Waals surface area (Å²) in [4.78, 5) is 13.1. The fourth-order valence-corrected chi connectivity index (χ4v) is 2.42. The number of benzene rings is 1. The number of aryl methyl sites for hydroxylation is 1. The van der Waals surface area contributed by atoms with Gasteiger partial charge in [0.05, 0.1) is 11.2 Å². The predicted octanol–water partition coefficient (Wildman–Crippen LogP) is 3.87. The molecule has 2 aromatic heterocycles. The maximum absolute atomic E-state index is 6.24. The highest BCUT2D eigenvalue weighted by Crippen LogP contribution is 2.29. The molecule has 4 N–H and O–H groups in total. The number of fused-ring (bicyclic) bond motifs is 1. The van der Waals surface area contributed by atoms with E-state index in [4.69, 9.17) is 5.73 Å². The maximum Gasteiger partial charge on any atom is 0.159 e. The van der Waals surface area contributed by atoms with Crippen LogP contribution < -0.4 is 16.4 Å². The van der Waals surface area contributed by atoms with E-state index >= 15 is 0 Å². The van der Waals surface area contributed by atoms with Crippen LogP contribution in [0.5, 0.6) is 0 Å². The van der Waals surface area contributed by atoms with Gasteiger partial charge >= 0.3 is 0 Å². The van der Waals surface area contributed by atoms with E-state index in [1.807, 2.05) is 31.2 Å². The van der Waals surface area contributed by atoms with Gasteiger partial charge in [-0.1, -0.05) is 25.1 Å². The van der Waals surface area contributed by atoms with Gasteiger partial charge in [-0.05, 0) is 32.4 Å². The van der Waals surface area contributed by atoms with Gasteiger partial charge in [0.1, 0.15) is 12.0 Å². The number of nitrogens with zero attached hydrogens (tertiary/aromatic N) is 3. The van der Waals surface area contributed by atoms with Gasteiger partial charge in [-0.15, -0.1) is 0 Å². The van der Waals surface area contributed by atoms with Crippen molar-refractivity contribution in [1.29, 1.82) is 0 Å². The highest BCUT2D eigenvalue weighted by Gasteiger charge is 2.11. The first-order valence-electron chi connectivity index (χ1n) is 8.09. The van der Waals surface area contributed by atoms with E-state index in [9.17, 15) is 0 Å². The minimum Gasteiger partial charge on any atom is -0.393 e. The molecule has 0 fully saturated rings. The van der Waals surface area contributed by atoms with E-state index in [1.54, 1.807) is 0 Å². The van der Waals surface area contributed by atoms with Crippen LogP contribution >= 0.6 is 0 Å². The third-order valence-corrected chi connectivity index (χ3v) is 3.99. The summed E-state index contributed by atoms with van der Waals surface area (Å²) < 4.78 is 0. The molecule has 1 atom stereocenters. The SMILES string of the molecule is CCC(C)Nc1ncnc(Nc2cccc3ccc(C)nc23)c1N. The van der Waals surface area contributed by atoms with Gasteiger partial charge < -0.3 is 16.4 Å². The molecule has 6 nitrogen and oxygen atoms in total. The normalized spacial score (nSPS) is 12.1. The Labute approximate surface area is 141 Å². The summed E-state index contributed by atoms with van der Waals surface area (Å²) in [5, 5.41) is 7.66. The van der Waals surface area contributed by atoms with Gasteiger partial charge in [0.2, 0.25) is 0 Å². The van der Waals surface area contributed by atoms with E-state index in [-0.39, 0.29) is 6.04 Å². The zero-order valence-electron chi connectivity index (χ0n) is 14.2.